The lowest BCUT2D eigenvalue weighted by atomic mass is 9.90. The van der Waals surface area contributed by atoms with Gasteiger partial charge in [0.1, 0.15) is 5.69 Å². The summed E-state index contributed by atoms with van der Waals surface area (Å²) in [7, 11) is 0. The maximum Gasteiger partial charge on any atom is 0.230 e. The van der Waals surface area contributed by atoms with Crippen LogP contribution in [0.1, 0.15) is 33.6 Å². The average molecular weight is 498 g/mol. The fourth-order valence-corrected chi connectivity index (χ4v) is 4.97. The maximum absolute atomic E-state index is 13.2. The molecule has 0 fully saturated rings. The number of carbonyl (C=O) groups is 1. The van der Waals surface area contributed by atoms with E-state index in [1.54, 1.807) is 0 Å². The number of hydrogen-bond acceptors (Lipinski definition) is 4. The number of rotatable bonds is 6. The number of nitrogens with one attached hydrogen (secondary N) is 1. The molecule has 6 rings (SSSR count). The summed E-state index contributed by atoms with van der Waals surface area (Å²) in [5.74, 6) is 0.338. The highest BCUT2D eigenvalue weighted by Crippen LogP contribution is 2.34. The zero-order chi connectivity index (χ0) is 25.9. The molecule has 0 aliphatic heterocycles. The molecule has 0 saturated carbocycles. The molecule has 1 amide bonds. The summed E-state index contributed by atoms with van der Waals surface area (Å²) in [6.07, 6.45) is 5.67. The van der Waals surface area contributed by atoms with Crippen LogP contribution < -0.4 is 5.32 Å². The number of anilines is 1. The van der Waals surface area contributed by atoms with Crippen LogP contribution in [0.25, 0.3) is 34.2 Å². The van der Waals surface area contributed by atoms with Crippen molar-refractivity contribution in [1.29, 1.82) is 0 Å². The number of fused-ring (bicyclic) bond motifs is 4. The van der Waals surface area contributed by atoms with E-state index in [2.05, 4.69) is 23.5 Å². The molecule has 5 aromatic rings. The Morgan fingerprint density at radius 1 is 0.816 bits per heavy atom. The number of aliphatic hydroxyl groups is 1. The molecule has 0 unspecified atom stereocenters. The number of hydrogen-bond donors (Lipinski definition) is 2. The van der Waals surface area contributed by atoms with Gasteiger partial charge in [0.05, 0.1) is 24.4 Å². The highest BCUT2D eigenvalue weighted by molar-refractivity contribution is 5.94. The second-order valence-electron chi connectivity index (χ2n) is 9.55. The van der Waals surface area contributed by atoms with Crippen molar-refractivity contribution < 1.29 is 9.90 Å². The molecule has 0 spiro atoms. The van der Waals surface area contributed by atoms with E-state index in [1.807, 2.05) is 84.9 Å². The molecule has 186 valence electrons. The van der Waals surface area contributed by atoms with Gasteiger partial charge in [-0.05, 0) is 51.9 Å². The summed E-state index contributed by atoms with van der Waals surface area (Å²) in [5, 5.41) is 14.9. The molecule has 4 aromatic carbocycles. The lowest BCUT2D eigenvalue weighted by molar-refractivity contribution is -0.115. The Bertz CT molecular complexity index is 1680. The van der Waals surface area contributed by atoms with E-state index in [9.17, 15) is 9.90 Å². The number of carbonyl (C=O) groups excluding carboxylic acids is 1. The number of aryl methyl sites for hydroxylation is 2. The van der Waals surface area contributed by atoms with Crippen molar-refractivity contribution in [2.45, 2.75) is 25.9 Å². The molecule has 5 nitrogen and oxygen atoms in total. The van der Waals surface area contributed by atoms with Crippen molar-refractivity contribution in [1.82, 2.24) is 9.97 Å². The smallest absolute Gasteiger partial charge is 0.230 e. The highest BCUT2D eigenvalue weighted by Gasteiger charge is 2.22. The summed E-state index contributed by atoms with van der Waals surface area (Å²) in [6.45, 7) is 0.0130. The Hall–Kier alpha value is -4.61. The van der Waals surface area contributed by atoms with Crippen molar-refractivity contribution in [3.63, 3.8) is 0 Å². The van der Waals surface area contributed by atoms with E-state index in [4.69, 9.17) is 9.97 Å². The van der Waals surface area contributed by atoms with Gasteiger partial charge in [-0.3, -0.25) is 4.79 Å². The second kappa shape index (κ2) is 10.4. The Morgan fingerprint density at radius 2 is 1.61 bits per heavy atom. The number of benzene rings is 4. The molecule has 1 aliphatic rings. The molecule has 0 bridgehead atoms. The number of aliphatic hydroxyl groups excluding tert-OH is 1. The van der Waals surface area contributed by atoms with Crippen LogP contribution in [0.5, 0.6) is 0 Å². The minimum atomic E-state index is -0.132. The van der Waals surface area contributed by atoms with Gasteiger partial charge in [0.15, 0.2) is 5.82 Å². The van der Waals surface area contributed by atoms with E-state index in [0.29, 0.717) is 11.5 Å². The lowest BCUT2D eigenvalue weighted by Crippen LogP contribution is -2.19. The van der Waals surface area contributed by atoms with Gasteiger partial charge in [-0.1, -0.05) is 97.1 Å². The Kier molecular flexibility index (Phi) is 6.51. The molecule has 0 radical (unpaired) electrons. The van der Waals surface area contributed by atoms with Gasteiger partial charge in [-0.25, -0.2) is 9.97 Å². The zero-order valence-electron chi connectivity index (χ0n) is 20.9. The molecular weight excluding hydrogens is 470 g/mol. The van der Waals surface area contributed by atoms with Gasteiger partial charge in [-0.2, -0.15) is 0 Å². The van der Waals surface area contributed by atoms with E-state index in [0.717, 1.165) is 62.8 Å². The van der Waals surface area contributed by atoms with Crippen LogP contribution in [0.4, 0.5) is 5.82 Å². The molecule has 1 aliphatic carbocycles. The topological polar surface area (TPSA) is 75.1 Å². The molecule has 2 N–H and O–H groups in total. The van der Waals surface area contributed by atoms with Crippen molar-refractivity contribution in [2.24, 2.45) is 0 Å². The quantitative estimate of drug-likeness (QED) is 0.291. The fraction of sp³-hybridized carbons (Fsp3) is 0.121. The third-order valence-corrected chi connectivity index (χ3v) is 6.90. The maximum atomic E-state index is 13.2. The first-order valence-corrected chi connectivity index (χ1v) is 12.8. The third kappa shape index (κ3) is 4.97. The Labute approximate surface area is 221 Å². The van der Waals surface area contributed by atoms with E-state index < -0.39 is 0 Å². The van der Waals surface area contributed by atoms with Crippen LogP contribution in [0.2, 0.25) is 0 Å². The van der Waals surface area contributed by atoms with Crippen molar-refractivity contribution >= 4 is 34.6 Å². The molecule has 1 aromatic heterocycles. The minimum absolute atomic E-state index is 0.0130. The SMILES string of the molecule is O=C(Cc1ccc2ccccc2c1)Nc1nc2c(nc1C=Cc1ccccc1)-c1ccc(CO)cc1CC2. The standard InChI is InChI=1S/C33H27N3O2/c37-21-24-11-15-28-27(19-24)14-17-29-32(28)34-30(16-12-22-6-2-1-3-7-22)33(35-29)36-31(38)20-23-10-13-25-8-4-5-9-26(25)18-23/h1-13,15-16,18-19,37H,14,17,20-21H2,(H,35,36,38). The van der Waals surface area contributed by atoms with Crippen LogP contribution in [-0.2, 0) is 30.7 Å². The van der Waals surface area contributed by atoms with Gasteiger partial charge in [0.2, 0.25) is 5.91 Å². The first-order chi connectivity index (χ1) is 18.7. The molecule has 5 heteroatoms. The largest absolute Gasteiger partial charge is 0.392 e. The second-order valence-corrected chi connectivity index (χ2v) is 9.55. The van der Waals surface area contributed by atoms with Crippen LogP contribution in [0, 0.1) is 0 Å². The van der Waals surface area contributed by atoms with E-state index in [-0.39, 0.29) is 18.9 Å². The lowest BCUT2D eigenvalue weighted by Gasteiger charge is -2.21. The summed E-state index contributed by atoms with van der Waals surface area (Å²) < 4.78 is 0. The number of aromatic nitrogens is 2. The van der Waals surface area contributed by atoms with Crippen LogP contribution in [0.15, 0.2) is 91.0 Å². The summed E-state index contributed by atoms with van der Waals surface area (Å²) in [5.41, 5.74) is 7.36. The first kappa shape index (κ1) is 23.8. The fourth-order valence-electron chi connectivity index (χ4n) is 4.97. The molecular formula is C33H27N3O2. The Morgan fingerprint density at radius 3 is 2.45 bits per heavy atom. The highest BCUT2D eigenvalue weighted by atomic mass is 16.3. The van der Waals surface area contributed by atoms with Gasteiger partial charge in [0.25, 0.3) is 0 Å². The predicted molar refractivity (Wildman–Crippen MR) is 152 cm³/mol. The zero-order valence-corrected chi connectivity index (χ0v) is 20.9. The van der Waals surface area contributed by atoms with Crippen molar-refractivity contribution in [2.75, 3.05) is 5.32 Å². The van der Waals surface area contributed by atoms with Gasteiger partial charge in [-0.15, -0.1) is 0 Å². The van der Waals surface area contributed by atoms with E-state index in [1.165, 1.54) is 0 Å². The minimum Gasteiger partial charge on any atom is -0.392 e. The van der Waals surface area contributed by atoms with Gasteiger partial charge < -0.3 is 10.4 Å². The summed E-state index contributed by atoms with van der Waals surface area (Å²) in [4.78, 5) is 23.1. The normalized spacial score (nSPS) is 12.3. The molecule has 0 saturated heterocycles. The molecule has 1 heterocycles. The van der Waals surface area contributed by atoms with E-state index >= 15 is 0 Å². The van der Waals surface area contributed by atoms with Crippen LogP contribution >= 0.6 is 0 Å². The summed E-state index contributed by atoms with van der Waals surface area (Å²) >= 11 is 0. The van der Waals surface area contributed by atoms with Crippen LogP contribution in [-0.4, -0.2) is 21.0 Å². The molecule has 38 heavy (non-hydrogen) atoms. The Balaban J connectivity index is 1.34. The predicted octanol–water partition coefficient (Wildman–Crippen LogP) is 6.24. The van der Waals surface area contributed by atoms with Crippen molar-refractivity contribution in [3.05, 3.63) is 125 Å². The van der Waals surface area contributed by atoms with Crippen molar-refractivity contribution in [3.8, 4) is 11.3 Å². The average Bonchev–Trinajstić information content (AvgIpc) is 2.96. The van der Waals surface area contributed by atoms with Gasteiger partial charge >= 0.3 is 0 Å². The first-order valence-electron chi connectivity index (χ1n) is 12.8. The number of amides is 1. The third-order valence-electron chi connectivity index (χ3n) is 6.90. The molecule has 0 atom stereocenters. The monoisotopic (exact) mass is 497 g/mol. The summed E-state index contributed by atoms with van der Waals surface area (Å²) in [6, 6.07) is 30.2. The van der Waals surface area contributed by atoms with Crippen LogP contribution in [0.3, 0.4) is 0 Å². The van der Waals surface area contributed by atoms with Gasteiger partial charge in [0, 0.05) is 5.56 Å². The number of nitrogens with zero attached hydrogens (tertiary/aromatic N) is 2.